The minimum absolute atomic E-state index is 0.182. The van der Waals surface area contributed by atoms with Gasteiger partial charge in [0.25, 0.3) is 15.6 Å². The fourth-order valence-electron chi connectivity index (χ4n) is 4.90. The summed E-state index contributed by atoms with van der Waals surface area (Å²) in [6.45, 7) is -0.462. The van der Waals surface area contributed by atoms with Gasteiger partial charge < -0.3 is 10.2 Å². The van der Waals surface area contributed by atoms with Crippen LogP contribution in [0.3, 0.4) is 0 Å². The van der Waals surface area contributed by atoms with E-state index >= 15 is 0 Å². The van der Waals surface area contributed by atoms with Gasteiger partial charge in [0.1, 0.15) is 11.6 Å². The van der Waals surface area contributed by atoms with E-state index in [2.05, 4.69) is 4.98 Å². The van der Waals surface area contributed by atoms with E-state index in [1.807, 2.05) is 0 Å². The highest BCUT2D eigenvalue weighted by atomic mass is 32.2. The molecule has 1 atom stereocenters. The fraction of sp³-hybridized carbons (Fsp3) is 0.333. The average Bonchev–Trinajstić information content (AvgIpc) is 2.91. The molecule has 0 amide bonds. The Kier molecular flexibility index (Phi) is 8.41. The lowest BCUT2D eigenvalue weighted by Gasteiger charge is -2.39. The largest absolute Gasteiger partial charge is 0.430 e. The fourth-order valence-corrected chi connectivity index (χ4v) is 6.62. The molecule has 15 heteroatoms. The molecular formula is C27H23F7N2O5S. The molecule has 0 bridgehead atoms. The van der Waals surface area contributed by atoms with Crippen molar-refractivity contribution < 1.29 is 54.2 Å². The third kappa shape index (κ3) is 5.72. The summed E-state index contributed by atoms with van der Waals surface area (Å²) in [5, 5.41) is 19.3. The van der Waals surface area contributed by atoms with Crippen molar-refractivity contribution in [2.24, 2.45) is 0 Å². The maximum Gasteiger partial charge on any atom is 0.430 e. The standard InChI is InChI=1S/C27H23F7N2O5S/c28-19-5-8-22(9-6-19)42(40,41)36-20(14-21(38)13-16-2-1-11-35-23(16)15-37)7-3-17-12-18(4-10-24(17)36)25(39,26(29,30)31)27(32,33)34/h1-2,4-6,8-12,20,37,39H,3,7,13-15H2/t20-/m0/s1. The van der Waals surface area contributed by atoms with Crippen LogP contribution in [0.25, 0.3) is 0 Å². The Morgan fingerprint density at radius 1 is 1.00 bits per heavy atom. The van der Waals surface area contributed by atoms with Gasteiger partial charge in [-0.1, -0.05) is 18.2 Å². The van der Waals surface area contributed by atoms with Gasteiger partial charge in [0.2, 0.25) is 0 Å². The molecule has 0 spiro atoms. The van der Waals surface area contributed by atoms with Gasteiger partial charge in [0.05, 0.1) is 28.9 Å². The minimum Gasteiger partial charge on any atom is -0.390 e. The number of alkyl halides is 6. The molecule has 1 aromatic heterocycles. The molecule has 226 valence electrons. The van der Waals surface area contributed by atoms with Gasteiger partial charge in [-0.3, -0.25) is 14.1 Å². The Bertz CT molecular complexity index is 1560. The molecule has 0 unspecified atom stereocenters. The van der Waals surface area contributed by atoms with E-state index in [0.29, 0.717) is 17.7 Å². The third-order valence-electron chi connectivity index (χ3n) is 6.99. The van der Waals surface area contributed by atoms with Crippen LogP contribution in [0.4, 0.5) is 36.4 Å². The Labute approximate surface area is 235 Å². The topological polar surface area (TPSA) is 108 Å². The lowest BCUT2D eigenvalue weighted by Crippen LogP contribution is -2.54. The van der Waals surface area contributed by atoms with E-state index in [0.717, 1.165) is 34.6 Å². The molecule has 4 rings (SSSR count). The van der Waals surface area contributed by atoms with Crippen molar-refractivity contribution >= 4 is 21.5 Å². The van der Waals surface area contributed by atoms with Crippen LogP contribution in [0, 0.1) is 5.82 Å². The molecule has 2 heterocycles. The number of pyridine rings is 1. The summed E-state index contributed by atoms with van der Waals surface area (Å²) in [5.41, 5.74) is -6.71. The van der Waals surface area contributed by atoms with Crippen LogP contribution < -0.4 is 4.31 Å². The minimum atomic E-state index is -6.15. The number of carbonyl (C=O) groups is 1. The van der Waals surface area contributed by atoms with E-state index in [9.17, 15) is 54.2 Å². The molecule has 3 aromatic rings. The first-order valence-electron chi connectivity index (χ1n) is 12.3. The summed E-state index contributed by atoms with van der Waals surface area (Å²) in [7, 11) is -4.62. The summed E-state index contributed by atoms with van der Waals surface area (Å²) >= 11 is 0. The lowest BCUT2D eigenvalue weighted by molar-refractivity contribution is -0.376. The van der Waals surface area contributed by atoms with Crippen LogP contribution >= 0.6 is 0 Å². The van der Waals surface area contributed by atoms with Gasteiger partial charge in [-0.05, 0) is 60.4 Å². The molecule has 0 fully saturated rings. The van der Waals surface area contributed by atoms with Crippen LogP contribution in [0.2, 0.25) is 0 Å². The number of ketones is 1. The molecule has 2 N–H and O–H groups in total. The molecular weight excluding hydrogens is 597 g/mol. The normalized spacial score (nSPS) is 16.3. The number of aryl methyl sites for hydroxylation is 1. The van der Waals surface area contributed by atoms with Crippen molar-refractivity contribution in [3.8, 4) is 0 Å². The van der Waals surface area contributed by atoms with Crippen LogP contribution in [-0.4, -0.2) is 47.8 Å². The number of hydrogen-bond acceptors (Lipinski definition) is 6. The summed E-state index contributed by atoms with van der Waals surface area (Å²) in [6, 6.07) is 7.03. The second-order valence-electron chi connectivity index (χ2n) is 9.68. The molecule has 2 aromatic carbocycles. The first-order chi connectivity index (χ1) is 19.5. The molecule has 0 saturated carbocycles. The van der Waals surface area contributed by atoms with Gasteiger partial charge in [-0.25, -0.2) is 12.8 Å². The second-order valence-corrected chi connectivity index (χ2v) is 11.5. The van der Waals surface area contributed by atoms with Crippen LogP contribution in [0.1, 0.15) is 35.2 Å². The van der Waals surface area contributed by atoms with E-state index < -0.39 is 69.1 Å². The van der Waals surface area contributed by atoms with Gasteiger partial charge >= 0.3 is 12.4 Å². The van der Waals surface area contributed by atoms with Gasteiger partial charge in [0, 0.05) is 24.6 Å². The number of sulfonamides is 1. The Morgan fingerprint density at radius 2 is 1.64 bits per heavy atom. The van der Waals surface area contributed by atoms with Gasteiger partial charge in [-0.2, -0.15) is 26.3 Å². The first kappa shape index (κ1) is 31.4. The predicted molar refractivity (Wildman–Crippen MR) is 134 cm³/mol. The zero-order valence-corrected chi connectivity index (χ0v) is 22.3. The predicted octanol–water partition coefficient (Wildman–Crippen LogP) is 4.74. The summed E-state index contributed by atoms with van der Waals surface area (Å²) in [4.78, 5) is 16.6. The molecule has 0 saturated heterocycles. The highest BCUT2D eigenvalue weighted by Gasteiger charge is 2.71. The number of benzene rings is 2. The maximum absolute atomic E-state index is 13.8. The highest BCUT2D eigenvalue weighted by Crippen LogP contribution is 2.51. The smallest absolute Gasteiger partial charge is 0.390 e. The molecule has 7 nitrogen and oxygen atoms in total. The summed E-state index contributed by atoms with van der Waals surface area (Å²) < 4.78 is 123. The zero-order chi connectivity index (χ0) is 31.1. The number of Topliss-reactive ketones (excluding diaryl/α,β-unsaturated/α-hetero) is 1. The number of nitrogens with zero attached hydrogens (tertiary/aromatic N) is 2. The molecule has 1 aliphatic rings. The number of rotatable bonds is 8. The number of aliphatic hydroxyl groups is 2. The maximum atomic E-state index is 13.8. The third-order valence-corrected chi connectivity index (χ3v) is 8.87. The van der Waals surface area contributed by atoms with Crippen molar-refractivity contribution in [1.82, 2.24) is 4.98 Å². The Hall–Kier alpha value is -3.56. The van der Waals surface area contributed by atoms with Gasteiger partial charge in [0.15, 0.2) is 0 Å². The number of fused-ring (bicyclic) bond motifs is 1. The number of carbonyl (C=O) groups excluding carboxylic acids is 1. The monoisotopic (exact) mass is 620 g/mol. The van der Waals surface area contributed by atoms with Crippen molar-refractivity contribution in [2.75, 3.05) is 4.31 Å². The summed E-state index contributed by atoms with van der Waals surface area (Å²) in [6.07, 6.45) is -11.9. The van der Waals surface area contributed by atoms with Crippen molar-refractivity contribution in [1.29, 1.82) is 0 Å². The quantitative estimate of drug-likeness (QED) is 0.353. The van der Waals surface area contributed by atoms with Crippen LogP contribution in [-0.2, 0) is 39.9 Å². The average molecular weight is 621 g/mol. The number of hydrogen-bond donors (Lipinski definition) is 2. The second kappa shape index (κ2) is 11.3. The zero-order valence-electron chi connectivity index (χ0n) is 21.5. The number of aliphatic hydroxyl groups excluding tert-OH is 1. The first-order valence-corrected chi connectivity index (χ1v) is 13.8. The SMILES string of the molecule is O=C(Cc1cccnc1CO)C[C@@H]1CCc2cc(C(O)(C(F)(F)F)C(F)(F)F)ccc2N1S(=O)(=O)c1ccc(F)cc1. The van der Waals surface area contributed by atoms with Crippen molar-refractivity contribution in [2.45, 2.75) is 61.2 Å². The van der Waals surface area contributed by atoms with Gasteiger partial charge in [-0.15, -0.1) is 0 Å². The number of halogens is 7. The van der Waals surface area contributed by atoms with E-state index in [1.165, 1.54) is 12.3 Å². The van der Waals surface area contributed by atoms with Crippen LogP contribution in [0.15, 0.2) is 65.7 Å². The number of aromatic nitrogens is 1. The Morgan fingerprint density at radius 3 is 2.24 bits per heavy atom. The Balaban J connectivity index is 1.79. The lowest BCUT2D eigenvalue weighted by atomic mass is 9.87. The van der Waals surface area contributed by atoms with Crippen molar-refractivity contribution in [3.05, 3.63) is 89.0 Å². The summed E-state index contributed by atoms with van der Waals surface area (Å²) in [5.74, 6) is -1.25. The molecule has 1 aliphatic heterocycles. The van der Waals surface area contributed by atoms with Crippen LogP contribution in [0.5, 0.6) is 0 Å². The molecule has 42 heavy (non-hydrogen) atoms. The van der Waals surface area contributed by atoms with E-state index in [-0.39, 0.29) is 36.2 Å². The molecule has 0 radical (unpaired) electrons. The number of anilines is 1. The molecule has 0 aliphatic carbocycles. The van der Waals surface area contributed by atoms with E-state index in [4.69, 9.17) is 0 Å². The van der Waals surface area contributed by atoms with E-state index in [1.54, 1.807) is 6.07 Å². The highest BCUT2D eigenvalue weighted by molar-refractivity contribution is 7.92. The van der Waals surface area contributed by atoms with Crippen molar-refractivity contribution in [3.63, 3.8) is 0 Å².